The summed E-state index contributed by atoms with van der Waals surface area (Å²) in [5.41, 5.74) is 2.58. The monoisotopic (exact) mass is 341 g/mol. The number of halogens is 2. The fraction of sp³-hybridized carbons (Fsp3) is 0.375. The van der Waals surface area contributed by atoms with E-state index in [1.54, 1.807) is 18.2 Å². The third-order valence-corrected chi connectivity index (χ3v) is 4.49. The topological polar surface area (TPSA) is 66.4 Å². The summed E-state index contributed by atoms with van der Waals surface area (Å²) in [5.74, 6) is -2.58. The minimum Gasteiger partial charge on any atom is -0.481 e. The summed E-state index contributed by atoms with van der Waals surface area (Å²) in [6, 6.07) is 4.73. The van der Waals surface area contributed by atoms with E-state index in [1.807, 2.05) is 13.8 Å². The Morgan fingerprint density at radius 3 is 2.05 bits per heavy atom. The SMILES string of the molecule is CC1=C(C)C[C@@H](C(=O)Nc2cc(Cl)cc(Cl)c2)[C@H](C(=O)O)C1. The van der Waals surface area contributed by atoms with Crippen molar-refractivity contribution in [3.05, 3.63) is 39.4 Å². The Labute approximate surface area is 139 Å². The maximum atomic E-state index is 12.5. The van der Waals surface area contributed by atoms with Gasteiger partial charge in [-0.15, -0.1) is 0 Å². The first kappa shape index (κ1) is 16.8. The molecule has 0 saturated carbocycles. The molecule has 1 amide bonds. The molecule has 22 heavy (non-hydrogen) atoms. The maximum absolute atomic E-state index is 12.5. The van der Waals surface area contributed by atoms with Crippen LogP contribution in [0.15, 0.2) is 29.3 Å². The lowest BCUT2D eigenvalue weighted by atomic mass is 9.76. The van der Waals surface area contributed by atoms with Crippen LogP contribution in [-0.2, 0) is 9.59 Å². The Hall–Kier alpha value is -1.52. The fourth-order valence-corrected chi connectivity index (χ4v) is 3.21. The number of benzene rings is 1. The van der Waals surface area contributed by atoms with E-state index in [4.69, 9.17) is 23.2 Å². The van der Waals surface area contributed by atoms with Gasteiger partial charge in [-0.05, 0) is 44.9 Å². The summed E-state index contributed by atoms with van der Waals surface area (Å²) in [5, 5.41) is 12.9. The summed E-state index contributed by atoms with van der Waals surface area (Å²) >= 11 is 11.8. The Kier molecular flexibility index (Phi) is 5.14. The molecule has 1 aromatic carbocycles. The molecular formula is C16H17Cl2NO3. The van der Waals surface area contributed by atoms with Crippen molar-refractivity contribution >= 4 is 40.8 Å². The molecular weight excluding hydrogens is 325 g/mol. The van der Waals surface area contributed by atoms with Gasteiger partial charge in [0.25, 0.3) is 0 Å². The molecule has 1 aliphatic rings. The normalized spacial score (nSPS) is 21.6. The van der Waals surface area contributed by atoms with Crippen molar-refractivity contribution < 1.29 is 14.7 Å². The number of amides is 1. The van der Waals surface area contributed by atoms with Crippen LogP contribution in [0.4, 0.5) is 5.69 Å². The van der Waals surface area contributed by atoms with Gasteiger partial charge in [-0.3, -0.25) is 9.59 Å². The molecule has 4 nitrogen and oxygen atoms in total. The number of carbonyl (C=O) groups is 2. The number of hydrogen-bond donors (Lipinski definition) is 2. The zero-order chi connectivity index (χ0) is 16.4. The number of hydrogen-bond acceptors (Lipinski definition) is 2. The van der Waals surface area contributed by atoms with Crippen molar-refractivity contribution in [2.45, 2.75) is 26.7 Å². The van der Waals surface area contributed by atoms with E-state index >= 15 is 0 Å². The Morgan fingerprint density at radius 2 is 1.55 bits per heavy atom. The standard InChI is InChI=1S/C16H17Cl2NO3/c1-8-3-13(14(16(21)22)4-9(8)2)15(20)19-12-6-10(17)5-11(18)7-12/h5-7,13-14H,3-4H2,1-2H3,(H,19,20)(H,21,22)/t13-,14-/m1/s1. The first-order chi connectivity index (χ1) is 10.3. The van der Waals surface area contributed by atoms with Crippen LogP contribution in [0.5, 0.6) is 0 Å². The quantitative estimate of drug-likeness (QED) is 0.801. The second-order valence-corrected chi connectivity index (χ2v) is 6.54. The zero-order valence-corrected chi connectivity index (χ0v) is 13.8. The summed E-state index contributed by atoms with van der Waals surface area (Å²) in [6.07, 6.45) is 0.846. The van der Waals surface area contributed by atoms with E-state index in [2.05, 4.69) is 5.32 Å². The first-order valence-electron chi connectivity index (χ1n) is 6.93. The van der Waals surface area contributed by atoms with E-state index in [9.17, 15) is 14.7 Å². The molecule has 2 atom stereocenters. The molecule has 0 spiro atoms. The molecule has 0 bridgehead atoms. The fourth-order valence-electron chi connectivity index (χ4n) is 2.69. The van der Waals surface area contributed by atoms with Gasteiger partial charge in [0.1, 0.15) is 0 Å². The highest BCUT2D eigenvalue weighted by molar-refractivity contribution is 6.35. The number of nitrogens with one attached hydrogen (secondary N) is 1. The minimum absolute atomic E-state index is 0.322. The molecule has 1 aliphatic carbocycles. The molecule has 6 heteroatoms. The molecule has 2 rings (SSSR count). The van der Waals surface area contributed by atoms with Gasteiger partial charge in [0.15, 0.2) is 0 Å². The summed E-state index contributed by atoms with van der Waals surface area (Å²) in [7, 11) is 0. The average Bonchev–Trinajstić information content (AvgIpc) is 2.39. The van der Waals surface area contributed by atoms with Gasteiger partial charge in [-0.25, -0.2) is 0 Å². The van der Waals surface area contributed by atoms with Crippen molar-refractivity contribution in [1.82, 2.24) is 0 Å². The highest BCUT2D eigenvalue weighted by Crippen LogP contribution is 2.35. The number of rotatable bonds is 3. The lowest BCUT2D eigenvalue weighted by Crippen LogP contribution is -2.36. The van der Waals surface area contributed by atoms with Gasteiger partial charge in [0.2, 0.25) is 5.91 Å². The number of carbonyl (C=O) groups excluding carboxylic acids is 1. The van der Waals surface area contributed by atoms with Crippen LogP contribution >= 0.6 is 23.2 Å². The highest BCUT2D eigenvalue weighted by atomic mass is 35.5. The second kappa shape index (κ2) is 6.71. The van der Waals surface area contributed by atoms with Crippen molar-refractivity contribution in [3.63, 3.8) is 0 Å². The predicted octanol–water partition coefficient (Wildman–Crippen LogP) is 4.38. The average molecular weight is 342 g/mol. The second-order valence-electron chi connectivity index (χ2n) is 5.67. The molecule has 1 aromatic rings. The molecule has 0 fully saturated rings. The highest BCUT2D eigenvalue weighted by Gasteiger charge is 2.37. The lowest BCUT2D eigenvalue weighted by molar-refractivity contribution is -0.146. The minimum atomic E-state index is -0.948. The summed E-state index contributed by atoms with van der Waals surface area (Å²) in [6.45, 7) is 3.85. The van der Waals surface area contributed by atoms with Crippen LogP contribution < -0.4 is 5.32 Å². The number of carboxylic acids is 1. The largest absolute Gasteiger partial charge is 0.481 e. The Morgan fingerprint density at radius 1 is 1.05 bits per heavy atom. The van der Waals surface area contributed by atoms with Crippen LogP contribution in [0.25, 0.3) is 0 Å². The molecule has 2 N–H and O–H groups in total. The van der Waals surface area contributed by atoms with Crippen LogP contribution in [0, 0.1) is 11.8 Å². The number of carboxylic acid groups (broad SMARTS) is 1. The maximum Gasteiger partial charge on any atom is 0.307 e. The molecule has 0 radical (unpaired) electrons. The van der Waals surface area contributed by atoms with Crippen molar-refractivity contribution in [3.8, 4) is 0 Å². The van der Waals surface area contributed by atoms with Gasteiger partial charge in [0, 0.05) is 15.7 Å². The van der Waals surface area contributed by atoms with Gasteiger partial charge >= 0.3 is 5.97 Å². The third kappa shape index (κ3) is 3.81. The molecule has 0 saturated heterocycles. The van der Waals surface area contributed by atoms with E-state index in [0.717, 1.165) is 11.1 Å². The van der Waals surface area contributed by atoms with Crippen LogP contribution in [-0.4, -0.2) is 17.0 Å². The number of allylic oxidation sites excluding steroid dienone is 2. The molecule has 0 heterocycles. The molecule has 0 unspecified atom stereocenters. The van der Waals surface area contributed by atoms with Gasteiger partial charge in [-0.1, -0.05) is 34.3 Å². The van der Waals surface area contributed by atoms with E-state index in [-0.39, 0.29) is 5.91 Å². The Bertz CT molecular complexity index is 635. The number of aliphatic carboxylic acids is 1. The zero-order valence-electron chi connectivity index (χ0n) is 12.3. The van der Waals surface area contributed by atoms with Gasteiger partial charge < -0.3 is 10.4 Å². The van der Waals surface area contributed by atoms with E-state index in [1.165, 1.54) is 0 Å². The van der Waals surface area contributed by atoms with Crippen LogP contribution in [0.3, 0.4) is 0 Å². The van der Waals surface area contributed by atoms with E-state index in [0.29, 0.717) is 28.6 Å². The first-order valence-corrected chi connectivity index (χ1v) is 7.68. The summed E-state index contributed by atoms with van der Waals surface area (Å²) < 4.78 is 0. The Balaban J connectivity index is 2.21. The third-order valence-electron chi connectivity index (χ3n) is 4.05. The van der Waals surface area contributed by atoms with E-state index < -0.39 is 17.8 Å². The molecule has 0 aromatic heterocycles. The van der Waals surface area contributed by atoms with Gasteiger partial charge in [-0.2, -0.15) is 0 Å². The summed E-state index contributed by atoms with van der Waals surface area (Å²) in [4.78, 5) is 23.9. The molecule has 0 aliphatic heterocycles. The van der Waals surface area contributed by atoms with Crippen molar-refractivity contribution in [1.29, 1.82) is 0 Å². The predicted molar refractivity (Wildman–Crippen MR) is 87.3 cm³/mol. The van der Waals surface area contributed by atoms with Crippen LogP contribution in [0.1, 0.15) is 26.7 Å². The smallest absolute Gasteiger partial charge is 0.307 e. The van der Waals surface area contributed by atoms with Gasteiger partial charge in [0.05, 0.1) is 11.8 Å². The molecule has 118 valence electrons. The number of anilines is 1. The lowest BCUT2D eigenvalue weighted by Gasteiger charge is -2.29. The van der Waals surface area contributed by atoms with Crippen molar-refractivity contribution in [2.75, 3.05) is 5.32 Å². The van der Waals surface area contributed by atoms with Crippen LogP contribution in [0.2, 0.25) is 10.0 Å². The van der Waals surface area contributed by atoms with Crippen molar-refractivity contribution in [2.24, 2.45) is 11.8 Å².